The van der Waals surface area contributed by atoms with Gasteiger partial charge in [-0.25, -0.2) is 4.79 Å². The predicted molar refractivity (Wildman–Crippen MR) is 123 cm³/mol. The van der Waals surface area contributed by atoms with Crippen molar-refractivity contribution in [3.8, 4) is 11.4 Å². The van der Waals surface area contributed by atoms with Crippen LogP contribution in [-0.4, -0.2) is 39.5 Å². The second kappa shape index (κ2) is 10.5. The number of nitrogens with zero attached hydrogens (tertiary/aromatic N) is 3. The molecule has 1 amide bonds. The number of hydrogen-bond acceptors (Lipinski definition) is 6. The fourth-order valence-electron chi connectivity index (χ4n) is 2.73. The van der Waals surface area contributed by atoms with Gasteiger partial charge >= 0.3 is 5.97 Å². The van der Waals surface area contributed by atoms with E-state index in [1.807, 2.05) is 4.57 Å². The molecule has 3 rings (SSSR count). The van der Waals surface area contributed by atoms with Gasteiger partial charge in [0.15, 0.2) is 11.0 Å². The van der Waals surface area contributed by atoms with Crippen LogP contribution in [0.15, 0.2) is 60.3 Å². The normalized spacial score (nSPS) is 10.5. The molecule has 0 saturated heterocycles. The Morgan fingerprint density at radius 3 is 2.68 bits per heavy atom. The topological polar surface area (TPSA) is 86.1 Å². The lowest BCUT2D eigenvalue weighted by Gasteiger charge is -2.10. The minimum Gasteiger partial charge on any atom is -0.465 e. The van der Waals surface area contributed by atoms with Crippen molar-refractivity contribution in [1.82, 2.24) is 14.8 Å². The average molecular weight is 477 g/mol. The average Bonchev–Trinajstić information content (AvgIpc) is 3.17. The number of carbonyl (C=O) groups is 2. The van der Waals surface area contributed by atoms with Crippen LogP contribution in [0.3, 0.4) is 0 Å². The zero-order valence-corrected chi connectivity index (χ0v) is 18.8. The molecule has 1 aromatic heterocycles. The van der Waals surface area contributed by atoms with Crippen molar-refractivity contribution in [2.45, 2.75) is 11.7 Å². The molecule has 1 heterocycles. The van der Waals surface area contributed by atoms with Crippen molar-refractivity contribution in [2.75, 3.05) is 18.2 Å². The van der Waals surface area contributed by atoms with E-state index in [9.17, 15) is 9.59 Å². The molecule has 0 aliphatic heterocycles. The van der Waals surface area contributed by atoms with Crippen molar-refractivity contribution in [3.05, 3.63) is 70.7 Å². The molecule has 3 aromatic rings. The third kappa shape index (κ3) is 5.46. The van der Waals surface area contributed by atoms with Gasteiger partial charge in [0.2, 0.25) is 5.91 Å². The lowest BCUT2D eigenvalue weighted by molar-refractivity contribution is -0.113. The number of benzene rings is 2. The second-order valence-corrected chi connectivity index (χ2v) is 7.97. The first kappa shape index (κ1) is 22.9. The Hall–Kier alpha value is -2.81. The molecular weight excluding hydrogens is 459 g/mol. The number of anilines is 1. The minimum atomic E-state index is -0.527. The van der Waals surface area contributed by atoms with E-state index in [-0.39, 0.29) is 17.2 Å². The van der Waals surface area contributed by atoms with Crippen molar-refractivity contribution in [2.24, 2.45) is 0 Å². The second-order valence-electron chi connectivity index (χ2n) is 6.21. The largest absolute Gasteiger partial charge is 0.465 e. The predicted octanol–water partition coefficient (Wildman–Crippen LogP) is 4.96. The van der Waals surface area contributed by atoms with Gasteiger partial charge in [0, 0.05) is 12.1 Å². The zero-order chi connectivity index (χ0) is 22.4. The summed E-state index contributed by atoms with van der Waals surface area (Å²) in [6.07, 6.45) is 1.71. The van der Waals surface area contributed by atoms with E-state index < -0.39 is 5.97 Å². The molecule has 10 heteroatoms. The number of rotatable bonds is 8. The van der Waals surface area contributed by atoms with E-state index in [1.54, 1.807) is 48.5 Å². The van der Waals surface area contributed by atoms with Crippen LogP contribution in [0.25, 0.3) is 11.4 Å². The molecule has 160 valence electrons. The van der Waals surface area contributed by atoms with Crippen molar-refractivity contribution >= 4 is 52.5 Å². The first-order valence-corrected chi connectivity index (χ1v) is 10.8. The number of hydrogen-bond donors (Lipinski definition) is 1. The highest BCUT2D eigenvalue weighted by Gasteiger charge is 2.17. The maximum Gasteiger partial charge on any atom is 0.339 e. The number of amides is 1. The molecule has 0 aliphatic carbocycles. The number of halogens is 2. The molecule has 0 spiro atoms. The van der Waals surface area contributed by atoms with E-state index >= 15 is 0 Å². The van der Waals surface area contributed by atoms with Crippen molar-refractivity contribution in [3.63, 3.8) is 0 Å². The van der Waals surface area contributed by atoms with Gasteiger partial charge in [-0.2, -0.15) is 0 Å². The van der Waals surface area contributed by atoms with Crippen LogP contribution in [0.2, 0.25) is 10.0 Å². The van der Waals surface area contributed by atoms with E-state index in [0.717, 1.165) is 5.56 Å². The first-order valence-electron chi connectivity index (χ1n) is 9.04. The van der Waals surface area contributed by atoms with E-state index in [0.29, 0.717) is 33.3 Å². The first-order chi connectivity index (χ1) is 14.9. The number of ether oxygens (including phenoxy) is 1. The highest BCUT2D eigenvalue weighted by atomic mass is 35.5. The summed E-state index contributed by atoms with van der Waals surface area (Å²) in [5.41, 5.74) is 1.40. The Morgan fingerprint density at radius 1 is 1.19 bits per heavy atom. The standard InChI is InChI=1S/C21H18Cl2N4O3S/c1-3-10-27-19(13-8-9-15(22)16(23)11-13)25-26-21(27)31-12-18(28)24-17-7-5-4-6-14(17)20(29)30-2/h3-9,11H,1,10,12H2,2H3,(H,24,28). The van der Waals surface area contributed by atoms with Gasteiger partial charge in [-0.3, -0.25) is 9.36 Å². The maximum atomic E-state index is 12.5. The van der Waals surface area contributed by atoms with Gasteiger partial charge in [-0.05, 0) is 30.3 Å². The molecule has 0 fully saturated rings. The monoisotopic (exact) mass is 476 g/mol. The summed E-state index contributed by atoms with van der Waals surface area (Å²) in [5.74, 6) is -0.185. The summed E-state index contributed by atoms with van der Waals surface area (Å²) < 4.78 is 6.57. The number of esters is 1. The molecule has 0 aliphatic rings. The van der Waals surface area contributed by atoms with Crippen LogP contribution < -0.4 is 5.32 Å². The molecule has 2 aromatic carbocycles. The number of allylic oxidation sites excluding steroid dienone is 1. The highest BCUT2D eigenvalue weighted by molar-refractivity contribution is 7.99. The molecule has 0 bridgehead atoms. The lowest BCUT2D eigenvalue weighted by Crippen LogP contribution is -2.17. The summed E-state index contributed by atoms with van der Waals surface area (Å²) in [6.45, 7) is 4.21. The molecule has 1 N–H and O–H groups in total. The summed E-state index contributed by atoms with van der Waals surface area (Å²) >= 11 is 13.3. The minimum absolute atomic E-state index is 0.0617. The Labute approximate surface area is 193 Å². The quantitative estimate of drug-likeness (QED) is 0.281. The number of para-hydroxylation sites is 1. The molecule has 0 atom stereocenters. The van der Waals surface area contributed by atoms with Crippen LogP contribution in [-0.2, 0) is 16.1 Å². The van der Waals surface area contributed by atoms with Crippen molar-refractivity contribution < 1.29 is 14.3 Å². The van der Waals surface area contributed by atoms with Gasteiger partial charge in [0.1, 0.15) is 0 Å². The molecule has 0 radical (unpaired) electrons. The van der Waals surface area contributed by atoms with Crippen LogP contribution in [0.5, 0.6) is 0 Å². The molecular formula is C21H18Cl2N4O3S. The number of nitrogens with one attached hydrogen (secondary N) is 1. The van der Waals surface area contributed by atoms with Gasteiger partial charge in [-0.1, -0.05) is 53.2 Å². The van der Waals surface area contributed by atoms with E-state index in [2.05, 4.69) is 22.1 Å². The Balaban J connectivity index is 1.75. The smallest absolute Gasteiger partial charge is 0.339 e. The van der Waals surface area contributed by atoms with Crippen molar-refractivity contribution in [1.29, 1.82) is 0 Å². The summed E-state index contributed by atoms with van der Waals surface area (Å²) in [4.78, 5) is 24.3. The Kier molecular flexibility index (Phi) is 7.73. The Bertz CT molecular complexity index is 1130. The number of thioether (sulfide) groups is 1. The highest BCUT2D eigenvalue weighted by Crippen LogP contribution is 2.30. The summed E-state index contributed by atoms with van der Waals surface area (Å²) in [7, 11) is 1.29. The fraction of sp³-hybridized carbons (Fsp3) is 0.143. The van der Waals surface area contributed by atoms with Gasteiger partial charge in [0.25, 0.3) is 0 Å². The number of carbonyl (C=O) groups excluding carboxylic acids is 2. The third-order valence-corrected chi connectivity index (χ3v) is 5.85. The number of aromatic nitrogens is 3. The lowest BCUT2D eigenvalue weighted by atomic mass is 10.2. The zero-order valence-electron chi connectivity index (χ0n) is 16.5. The van der Waals surface area contributed by atoms with E-state index in [4.69, 9.17) is 27.9 Å². The third-order valence-electron chi connectivity index (χ3n) is 4.15. The summed E-state index contributed by atoms with van der Waals surface area (Å²) in [5, 5.41) is 12.6. The maximum absolute atomic E-state index is 12.5. The van der Waals surface area contributed by atoms with Crippen LogP contribution in [0.1, 0.15) is 10.4 Å². The fourth-order valence-corrected chi connectivity index (χ4v) is 3.78. The Morgan fingerprint density at radius 2 is 1.97 bits per heavy atom. The molecule has 0 saturated carbocycles. The molecule has 31 heavy (non-hydrogen) atoms. The van der Waals surface area contributed by atoms with Gasteiger partial charge < -0.3 is 10.1 Å². The van der Waals surface area contributed by atoms with Crippen LogP contribution in [0, 0.1) is 0 Å². The van der Waals surface area contributed by atoms with Gasteiger partial charge in [-0.15, -0.1) is 16.8 Å². The summed E-state index contributed by atoms with van der Waals surface area (Å²) in [6, 6.07) is 11.8. The van der Waals surface area contributed by atoms with Crippen LogP contribution >= 0.6 is 35.0 Å². The molecule has 7 nitrogen and oxygen atoms in total. The van der Waals surface area contributed by atoms with Crippen LogP contribution in [0.4, 0.5) is 5.69 Å². The molecule has 0 unspecified atom stereocenters. The SMILES string of the molecule is C=CCn1c(SCC(=O)Nc2ccccc2C(=O)OC)nnc1-c1ccc(Cl)c(Cl)c1. The van der Waals surface area contributed by atoms with Gasteiger partial charge in [0.05, 0.1) is 34.2 Å². The number of methoxy groups -OCH3 is 1. The van der Waals surface area contributed by atoms with E-state index in [1.165, 1.54) is 18.9 Å².